The van der Waals surface area contributed by atoms with Crippen LogP contribution in [0, 0.1) is 0 Å². The number of carbonyl (C=O) groups is 1. The quantitative estimate of drug-likeness (QED) is 0.253. The van der Waals surface area contributed by atoms with Crippen molar-refractivity contribution in [2.24, 2.45) is 0 Å². The first-order valence-electron chi connectivity index (χ1n) is 12.7. The average molecular weight is 523 g/mol. The van der Waals surface area contributed by atoms with Crippen molar-refractivity contribution in [1.29, 1.82) is 0 Å². The van der Waals surface area contributed by atoms with E-state index >= 15 is 0 Å². The number of fused-ring (bicyclic) bond motifs is 2. The van der Waals surface area contributed by atoms with Crippen LogP contribution in [0.15, 0.2) is 104 Å². The molecule has 5 aromatic heterocycles. The maximum atomic E-state index is 12.6. The average Bonchev–Trinajstić information content (AvgIpc) is 3.62. The van der Waals surface area contributed by atoms with Crippen LogP contribution in [-0.4, -0.2) is 41.0 Å². The lowest BCUT2D eigenvalue weighted by Crippen LogP contribution is -2.14. The summed E-state index contributed by atoms with van der Waals surface area (Å²) in [6.07, 6.45) is 8.97. The van der Waals surface area contributed by atoms with E-state index in [4.69, 9.17) is 4.98 Å². The van der Waals surface area contributed by atoms with Crippen LogP contribution in [0.3, 0.4) is 0 Å². The molecule has 9 heteroatoms. The number of hydrogen-bond donors (Lipinski definition) is 3. The minimum absolute atomic E-state index is 0.0942. The molecule has 7 rings (SSSR count). The van der Waals surface area contributed by atoms with Gasteiger partial charge >= 0.3 is 0 Å². The molecule has 0 saturated carbocycles. The minimum atomic E-state index is -0.0942. The Hall–Kier alpha value is -5.70. The number of H-pyrrole nitrogens is 2. The number of nitrogens with one attached hydrogen (secondary N) is 3. The first kappa shape index (κ1) is 23.4. The zero-order valence-electron chi connectivity index (χ0n) is 21.2. The molecule has 0 spiro atoms. The highest BCUT2D eigenvalue weighted by Crippen LogP contribution is 2.32. The third kappa shape index (κ3) is 4.45. The Kier molecular flexibility index (Phi) is 5.78. The highest BCUT2D eigenvalue weighted by molar-refractivity contribution is 5.98. The molecular formula is C31H22N8O. The molecule has 7 aromatic rings. The fourth-order valence-corrected chi connectivity index (χ4v) is 4.80. The van der Waals surface area contributed by atoms with Crippen molar-refractivity contribution in [1.82, 2.24) is 35.1 Å². The van der Waals surface area contributed by atoms with E-state index in [1.807, 2.05) is 66.7 Å². The van der Waals surface area contributed by atoms with E-state index in [1.165, 1.54) is 0 Å². The number of hydrogen-bond acceptors (Lipinski definition) is 6. The summed E-state index contributed by atoms with van der Waals surface area (Å²) in [5, 5.41) is 11.6. The van der Waals surface area contributed by atoms with Gasteiger partial charge in [0.15, 0.2) is 5.82 Å². The Balaban J connectivity index is 1.21. The van der Waals surface area contributed by atoms with Crippen LogP contribution >= 0.6 is 0 Å². The summed E-state index contributed by atoms with van der Waals surface area (Å²) >= 11 is 0. The van der Waals surface area contributed by atoms with Crippen molar-refractivity contribution in [3.8, 4) is 33.9 Å². The van der Waals surface area contributed by atoms with Gasteiger partial charge in [-0.05, 0) is 47.5 Å². The van der Waals surface area contributed by atoms with E-state index in [-0.39, 0.29) is 5.91 Å². The van der Waals surface area contributed by atoms with Gasteiger partial charge in [0.2, 0.25) is 5.91 Å². The van der Waals surface area contributed by atoms with Crippen LogP contribution in [0.25, 0.3) is 55.8 Å². The van der Waals surface area contributed by atoms with Gasteiger partial charge in [0, 0.05) is 41.3 Å². The first-order chi connectivity index (χ1) is 19.7. The van der Waals surface area contributed by atoms with Gasteiger partial charge in [-0.25, -0.2) is 4.98 Å². The third-order valence-corrected chi connectivity index (χ3v) is 6.70. The number of pyridine rings is 3. The Morgan fingerprint density at radius 1 is 0.775 bits per heavy atom. The molecule has 0 aliphatic rings. The number of benzene rings is 2. The summed E-state index contributed by atoms with van der Waals surface area (Å²) in [6, 6.07) is 23.3. The van der Waals surface area contributed by atoms with Crippen LogP contribution in [-0.2, 0) is 11.2 Å². The Bertz CT molecular complexity index is 1980. The highest BCUT2D eigenvalue weighted by Gasteiger charge is 2.16. The number of anilines is 1. The number of imidazole rings is 1. The molecule has 0 aliphatic carbocycles. The second kappa shape index (κ2) is 9.88. The van der Waals surface area contributed by atoms with Crippen LogP contribution < -0.4 is 5.32 Å². The van der Waals surface area contributed by atoms with E-state index in [9.17, 15) is 4.79 Å². The van der Waals surface area contributed by atoms with Crippen molar-refractivity contribution in [2.75, 3.05) is 5.32 Å². The molecule has 5 heterocycles. The van der Waals surface area contributed by atoms with Gasteiger partial charge in [0.25, 0.3) is 0 Å². The van der Waals surface area contributed by atoms with Gasteiger partial charge in [-0.2, -0.15) is 5.10 Å². The predicted octanol–water partition coefficient (Wildman–Crippen LogP) is 5.81. The van der Waals surface area contributed by atoms with E-state index in [0.29, 0.717) is 23.6 Å². The van der Waals surface area contributed by atoms with Crippen molar-refractivity contribution in [3.63, 3.8) is 0 Å². The summed E-state index contributed by atoms with van der Waals surface area (Å²) in [4.78, 5) is 33.9. The molecule has 3 N–H and O–H groups in total. The first-order valence-corrected chi connectivity index (χ1v) is 12.7. The van der Waals surface area contributed by atoms with Crippen molar-refractivity contribution >= 4 is 33.5 Å². The van der Waals surface area contributed by atoms with E-state index in [1.54, 1.807) is 31.0 Å². The molecule has 1 amide bonds. The van der Waals surface area contributed by atoms with Gasteiger partial charge in [-0.1, -0.05) is 36.4 Å². The molecule has 0 saturated heterocycles. The summed E-state index contributed by atoms with van der Waals surface area (Å²) < 4.78 is 0. The standard InChI is InChI=1S/C31H22N8O/c40-27(14-19-4-2-1-3-5-19)35-23-15-22(17-33-18-23)21-6-7-25-24(16-21)29(39-38-25)31-36-26-10-13-34-28(30(26)37-31)20-8-11-32-12-9-20/h1-13,15-18H,14H2,(H,35,40)(H,36,37)(H,38,39). The molecular weight excluding hydrogens is 500 g/mol. The second-order valence-electron chi connectivity index (χ2n) is 9.38. The van der Waals surface area contributed by atoms with Gasteiger partial charge in [0.1, 0.15) is 11.2 Å². The van der Waals surface area contributed by atoms with Crippen LogP contribution in [0.5, 0.6) is 0 Å². The lowest BCUT2D eigenvalue weighted by molar-refractivity contribution is -0.115. The van der Waals surface area contributed by atoms with Crippen molar-refractivity contribution in [2.45, 2.75) is 6.42 Å². The lowest BCUT2D eigenvalue weighted by atomic mass is 10.0. The van der Waals surface area contributed by atoms with Crippen LogP contribution in [0.4, 0.5) is 5.69 Å². The van der Waals surface area contributed by atoms with Crippen molar-refractivity contribution in [3.05, 3.63) is 109 Å². The molecule has 0 bridgehead atoms. The zero-order chi connectivity index (χ0) is 26.9. The topological polar surface area (TPSA) is 125 Å². The molecule has 0 fully saturated rings. The van der Waals surface area contributed by atoms with Gasteiger partial charge < -0.3 is 10.3 Å². The summed E-state index contributed by atoms with van der Waals surface area (Å²) in [7, 11) is 0. The molecule has 192 valence electrons. The molecule has 0 unspecified atom stereocenters. The number of aromatic nitrogens is 7. The molecule has 9 nitrogen and oxygen atoms in total. The van der Waals surface area contributed by atoms with E-state index in [2.05, 4.69) is 41.5 Å². The normalized spacial score (nSPS) is 11.2. The largest absolute Gasteiger partial charge is 0.336 e. The summed E-state index contributed by atoms with van der Waals surface area (Å²) in [6.45, 7) is 0. The highest BCUT2D eigenvalue weighted by atomic mass is 16.1. The fraction of sp³-hybridized carbons (Fsp3) is 0.0323. The minimum Gasteiger partial charge on any atom is -0.336 e. The number of nitrogens with zero attached hydrogens (tertiary/aromatic N) is 5. The number of aromatic amines is 2. The monoisotopic (exact) mass is 522 g/mol. The maximum absolute atomic E-state index is 12.6. The van der Waals surface area contributed by atoms with Gasteiger partial charge in [-0.3, -0.25) is 24.8 Å². The zero-order valence-corrected chi connectivity index (χ0v) is 21.2. The third-order valence-electron chi connectivity index (χ3n) is 6.70. The number of rotatable bonds is 6. The smallest absolute Gasteiger partial charge is 0.228 e. The molecule has 40 heavy (non-hydrogen) atoms. The Morgan fingerprint density at radius 3 is 2.52 bits per heavy atom. The van der Waals surface area contributed by atoms with Gasteiger partial charge in [0.05, 0.1) is 35.0 Å². The van der Waals surface area contributed by atoms with Crippen molar-refractivity contribution < 1.29 is 4.79 Å². The van der Waals surface area contributed by atoms with Gasteiger partial charge in [-0.15, -0.1) is 0 Å². The Morgan fingerprint density at radius 2 is 1.65 bits per heavy atom. The maximum Gasteiger partial charge on any atom is 0.228 e. The summed E-state index contributed by atoms with van der Waals surface area (Å²) in [5.41, 5.74) is 8.34. The predicted molar refractivity (Wildman–Crippen MR) is 154 cm³/mol. The summed E-state index contributed by atoms with van der Waals surface area (Å²) in [5.74, 6) is 0.546. The number of amides is 1. The molecule has 2 aromatic carbocycles. The van der Waals surface area contributed by atoms with Crippen LogP contribution in [0.2, 0.25) is 0 Å². The molecule has 0 aliphatic heterocycles. The lowest BCUT2D eigenvalue weighted by Gasteiger charge is -2.08. The number of carbonyl (C=O) groups excluding carboxylic acids is 1. The molecule has 0 atom stereocenters. The SMILES string of the molecule is O=C(Cc1ccccc1)Nc1cncc(-c2ccc3[nH]nc(-c4nc5c(-c6ccncc6)nccc5[nH]4)c3c2)c1. The Labute approximate surface area is 228 Å². The van der Waals surface area contributed by atoms with E-state index < -0.39 is 0 Å². The van der Waals surface area contributed by atoms with Crippen LogP contribution in [0.1, 0.15) is 5.56 Å². The molecule has 0 radical (unpaired) electrons. The van der Waals surface area contributed by atoms with E-state index in [0.717, 1.165) is 49.9 Å². The second-order valence-corrected chi connectivity index (χ2v) is 9.38. The fourth-order valence-electron chi connectivity index (χ4n) is 4.80.